The van der Waals surface area contributed by atoms with E-state index in [-0.39, 0.29) is 23.8 Å². The minimum absolute atomic E-state index is 0.0449. The summed E-state index contributed by atoms with van der Waals surface area (Å²) < 4.78 is 27.5. The molecule has 7 heteroatoms. The summed E-state index contributed by atoms with van der Waals surface area (Å²) in [7, 11) is -3.65. The van der Waals surface area contributed by atoms with Crippen LogP contribution in [0, 0.1) is 6.92 Å². The molecule has 5 nitrogen and oxygen atoms in total. The fraction of sp³-hybridized carbons (Fsp3) is 0.235. The van der Waals surface area contributed by atoms with E-state index < -0.39 is 10.0 Å². The molecule has 0 aliphatic rings. The van der Waals surface area contributed by atoms with Gasteiger partial charge in [0, 0.05) is 24.0 Å². The smallest absolute Gasteiger partial charge is 0.241 e. The van der Waals surface area contributed by atoms with Crippen molar-refractivity contribution in [3.63, 3.8) is 0 Å². The second kappa shape index (κ2) is 8.41. The predicted molar refractivity (Wildman–Crippen MR) is 97.0 cm³/mol. The summed E-state index contributed by atoms with van der Waals surface area (Å²) in [6.07, 6.45) is 0.0789. The zero-order chi connectivity index (χ0) is 17.6. The van der Waals surface area contributed by atoms with Crippen molar-refractivity contribution in [1.29, 1.82) is 0 Å². The molecule has 0 heterocycles. The molecule has 0 saturated heterocycles. The van der Waals surface area contributed by atoms with E-state index in [2.05, 4.69) is 26.0 Å². The molecule has 0 aromatic heterocycles. The highest BCUT2D eigenvalue weighted by Crippen LogP contribution is 2.22. The fourth-order valence-corrected chi connectivity index (χ4v) is 4.31. The number of halogens is 1. The minimum Gasteiger partial charge on any atom is -0.352 e. The van der Waals surface area contributed by atoms with Gasteiger partial charge in [-0.25, -0.2) is 13.1 Å². The highest BCUT2D eigenvalue weighted by atomic mass is 79.9. The van der Waals surface area contributed by atoms with Crippen LogP contribution >= 0.6 is 15.9 Å². The summed E-state index contributed by atoms with van der Waals surface area (Å²) in [5.74, 6) is -0.204. The predicted octanol–water partition coefficient (Wildman–Crippen LogP) is 2.74. The van der Waals surface area contributed by atoms with E-state index in [0.29, 0.717) is 11.0 Å². The first kappa shape index (κ1) is 18.6. The molecule has 2 rings (SSSR count). The maximum absolute atomic E-state index is 12.3. The third kappa shape index (κ3) is 5.43. The minimum atomic E-state index is -3.65. The average molecular weight is 411 g/mol. The molecule has 0 bridgehead atoms. The number of carbonyl (C=O) groups is 1. The molecular formula is C17H19BrN2O3S. The average Bonchev–Trinajstić information content (AvgIpc) is 2.53. The second-order valence-corrected chi connectivity index (χ2v) is 7.93. The van der Waals surface area contributed by atoms with Gasteiger partial charge in [0.15, 0.2) is 0 Å². The molecule has 0 spiro atoms. The molecular weight excluding hydrogens is 392 g/mol. The number of rotatable bonds is 7. The van der Waals surface area contributed by atoms with Gasteiger partial charge in [-0.1, -0.05) is 36.4 Å². The maximum atomic E-state index is 12.3. The Morgan fingerprint density at radius 2 is 1.83 bits per heavy atom. The van der Waals surface area contributed by atoms with Crippen molar-refractivity contribution in [2.24, 2.45) is 0 Å². The topological polar surface area (TPSA) is 75.3 Å². The first-order valence-electron chi connectivity index (χ1n) is 7.45. The molecule has 2 N–H and O–H groups in total. The van der Waals surface area contributed by atoms with Gasteiger partial charge in [0.25, 0.3) is 0 Å². The van der Waals surface area contributed by atoms with E-state index in [1.807, 2.05) is 37.3 Å². The van der Waals surface area contributed by atoms with Crippen molar-refractivity contribution < 1.29 is 13.2 Å². The summed E-state index contributed by atoms with van der Waals surface area (Å²) in [4.78, 5) is 12.0. The number of carbonyl (C=O) groups excluding carboxylic acids is 1. The lowest BCUT2D eigenvalue weighted by atomic mass is 10.2. The number of hydrogen-bond acceptors (Lipinski definition) is 3. The SMILES string of the molecule is Cc1ccc(S(=O)(=O)NCCC(=O)NCc2ccccc2)c(Br)c1. The van der Waals surface area contributed by atoms with Crippen molar-refractivity contribution >= 4 is 31.9 Å². The Kier molecular flexibility index (Phi) is 6.53. The molecule has 0 radical (unpaired) electrons. The van der Waals surface area contributed by atoms with Crippen molar-refractivity contribution in [3.8, 4) is 0 Å². The Balaban J connectivity index is 1.83. The van der Waals surface area contributed by atoms with Crippen LogP contribution in [0.1, 0.15) is 17.5 Å². The summed E-state index contributed by atoms with van der Waals surface area (Å²) in [5.41, 5.74) is 1.95. The Morgan fingerprint density at radius 1 is 1.12 bits per heavy atom. The largest absolute Gasteiger partial charge is 0.352 e. The quantitative estimate of drug-likeness (QED) is 0.736. The number of benzene rings is 2. The van der Waals surface area contributed by atoms with Crippen LogP contribution in [0.4, 0.5) is 0 Å². The Morgan fingerprint density at radius 3 is 2.50 bits per heavy atom. The van der Waals surface area contributed by atoms with Gasteiger partial charge >= 0.3 is 0 Å². The zero-order valence-electron chi connectivity index (χ0n) is 13.3. The lowest BCUT2D eigenvalue weighted by molar-refractivity contribution is -0.121. The van der Waals surface area contributed by atoms with Crippen molar-refractivity contribution in [1.82, 2.24) is 10.0 Å². The number of aryl methyl sites for hydroxylation is 1. The van der Waals surface area contributed by atoms with Gasteiger partial charge < -0.3 is 5.32 Å². The molecule has 0 unspecified atom stereocenters. The lowest BCUT2D eigenvalue weighted by Gasteiger charge is -2.09. The van der Waals surface area contributed by atoms with Gasteiger partial charge in [0.2, 0.25) is 15.9 Å². The molecule has 0 aliphatic heterocycles. The summed E-state index contributed by atoms with van der Waals surface area (Å²) in [6.45, 7) is 2.35. The molecule has 0 fully saturated rings. The van der Waals surface area contributed by atoms with E-state index in [1.165, 1.54) is 6.07 Å². The normalized spacial score (nSPS) is 11.2. The summed E-state index contributed by atoms with van der Waals surface area (Å²) in [6, 6.07) is 14.5. The van der Waals surface area contributed by atoms with Crippen LogP contribution < -0.4 is 10.0 Å². The lowest BCUT2D eigenvalue weighted by Crippen LogP contribution is -2.30. The van der Waals surface area contributed by atoms with Gasteiger partial charge in [-0.05, 0) is 46.1 Å². The Hall–Kier alpha value is -1.70. The molecule has 0 atom stereocenters. The highest BCUT2D eigenvalue weighted by molar-refractivity contribution is 9.10. The van der Waals surface area contributed by atoms with Crippen molar-refractivity contribution in [3.05, 3.63) is 64.1 Å². The third-order valence-electron chi connectivity index (χ3n) is 3.35. The van der Waals surface area contributed by atoms with Gasteiger partial charge in [0.1, 0.15) is 0 Å². The second-order valence-electron chi connectivity index (χ2n) is 5.34. The Labute approximate surface area is 150 Å². The van der Waals surface area contributed by atoms with Crippen LogP contribution in [-0.2, 0) is 21.4 Å². The van der Waals surface area contributed by atoms with E-state index in [1.54, 1.807) is 12.1 Å². The highest BCUT2D eigenvalue weighted by Gasteiger charge is 2.17. The van der Waals surface area contributed by atoms with E-state index in [4.69, 9.17) is 0 Å². The number of sulfonamides is 1. The van der Waals surface area contributed by atoms with Crippen LogP contribution in [0.15, 0.2) is 57.9 Å². The third-order valence-corrected chi connectivity index (χ3v) is 5.79. The van der Waals surface area contributed by atoms with Gasteiger partial charge in [0.05, 0.1) is 4.90 Å². The summed E-state index contributed by atoms with van der Waals surface area (Å²) in [5, 5.41) is 2.76. The van der Waals surface area contributed by atoms with E-state index in [9.17, 15) is 13.2 Å². The molecule has 0 aliphatic carbocycles. The maximum Gasteiger partial charge on any atom is 0.241 e. The zero-order valence-corrected chi connectivity index (χ0v) is 15.7. The van der Waals surface area contributed by atoms with E-state index >= 15 is 0 Å². The molecule has 1 amide bonds. The van der Waals surface area contributed by atoms with Gasteiger partial charge in [-0.15, -0.1) is 0 Å². The number of hydrogen-bond donors (Lipinski definition) is 2. The molecule has 0 saturated carbocycles. The first-order chi connectivity index (χ1) is 11.4. The van der Waals surface area contributed by atoms with Crippen molar-refractivity contribution in [2.75, 3.05) is 6.54 Å². The van der Waals surface area contributed by atoms with Gasteiger partial charge in [-0.3, -0.25) is 4.79 Å². The Bertz CT molecular complexity index is 808. The van der Waals surface area contributed by atoms with Crippen LogP contribution in [0.2, 0.25) is 0 Å². The van der Waals surface area contributed by atoms with Crippen LogP contribution in [0.3, 0.4) is 0 Å². The molecule has 2 aromatic carbocycles. The molecule has 2 aromatic rings. The number of amides is 1. The van der Waals surface area contributed by atoms with Gasteiger partial charge in [-0.2, -0.15) is 0 Å². The summed E-state index contributed by atoms with van der Waals surface area (Å²) >= 11 is 3.26. The van der Waals surface area contributed by atoms with Crippen molar-refractivity contribution in [2.45, 2.75) is 24.8 Å². The molecule has 24 heavy (non-hydrogen) atoms. The van der Waals surface area contributed by atoms with Crippen LogP contribution in [-0.4, -0.2) is 20.9 Å². The number of nitrogens with one attached hydrogen (secondary N) is 2. The van der Waals surface area contributed by atoms with Crippen LogP contribution in [0.5, 0.6) is 0 Å². The first-order valence-corrected chi connectivity index (χ1v) is 9.72. The molecule has 128 valence electrons. The fourth-order valence-electron chi connectivity index (χ4n) is 2.09. The monoisotopic (exact) mass is 410 g/mol. The standard InChI is InChI=1S/C17H19BrN2O3S/c1-13-7-8-16(15(18)11-13)24(22,23)20-10-9-17(21)19-12-14-5-3-2-4-6-14/h2-8,11,20H,9-10,12H2,1H3,(H,19,21). The van der Waals surface area contributed by atoms with E-state index in [0.717, 1.165) is 11.1 Å². The van der Waals surface area contributed by atoms with Crippen LogP contribution in [0.25, 0.3) is 0 Å².